The first-order valence-corrected chi connectivity index (χ1v) is 8.76. The summed E-state index contributed by atoms with van der Waals surface area (Å²) >= 11 is 1.23. The summed E-state index contributed by atoms with van der Waals surface area (Å²) in [7, 11) is 1.78. The van der Waals surface area contributed by atoms with Gasteiger partial charge in [0.05, 0.1) is 11.8 Å². The predicted octanol–water partition coefficient (Wildman–Crippen LogP) is 2.77. The third kappa shape index (κ3) is 4.37. The van der Waals surface area contributed by atoms with Crippen LogP contribution in [-0.2, 0) is 11.8 Å². The normalized spacial score (nSPS) is 13.3. The number of carbonyl (C=O) groups excluding carboxylic acids is 1. The number of nitrogens with zero attached hydrogens (tertiary/aromatic N) is 4. The first-order chi connectivity index (χ1) is 11.8. The van der Waals surface area contributed by atoms with Gasteiger partial charge in [0.25, 0.3) is 0 Å². The number of nitrogens with one attached hydrogen (secondary N) is 1. The molecular weight excluding hydrogens is 341 g/mol. The average Bonchev–Trinajstić information content (AvgIpc) is 2.94. The largest absolute Gasteiger partial charge is 0.337 e. The summed E-state index contributed by atoms with van der Waals surface area (Å²) in [4.78, 5) is 12.1. The Kier molecular flexibility index (Phi) is 5.80. The minimum atomic E-state index is -0.906. The van der Waals surface area contributed by atoms with Crippen molar-refractivity contribution < 1.29 is 9.18 Å². The Morgan fingerprint density at radius 2 is 2.04 bits per heavy atom. The van der Waals surface area contributed by atoms with Crippen molar-refractivity contribution in [2.75, 3.05) is 5.75 Å². The SMILES string of the molecule is CC(C)[C@@](C)(C#N)NC(=O)CSc1nnc(-c2ccc(F)cc2)n1C. The Labute approximate surface area is 150 Å². The molecule has 2 rings (SSSR count). The average molecular weight is 361 g/mol. The molecule has 0 aliphatic heterocycles. The van der Waals surface area contributed by atoms with Crippen LogP contribution < -0.4 is 5.32 Å². The second-order valence-corrected chi connectivity index (χ2v) is 7.12. The molecule has 0 spiro atoms. The van der Waals surface area contributed by atoms with E-state index in [4.69, 9.17) is 0 Å². The molecule has 25 heavy (non-hydrogen) atoms. The third-order valence-electron chi connectivity index (χ3n) is 4.06. The molecular formula is C17H20FN5OS. The summed E-state index contributed by atoms with van der Waals surface area (Å²) in [6.07, 6.45) is 0. The van der Waals surface area contributed by atoms with E-state index < -0.39 is 5.54 Å². The number of thioether (sulfide) groups is 1. The minimum Gasteiger partial charge on any atom is -0.337 e. The van der Waals surface area contributed by atoms with E-state index in [0.29, 0.717) is 11.0 Å². The molecule has 132 valence electrons. The Bertz CT molecular complexity index is 796. The van der Waals surface area contributed by atoms with Crippen molar-refractivity contribution in [2.45, 2.75) is 31.5 Å². The number of aromatic nitrogens is 3. The summed E-state index contributed by atoms with van der Waals surface area (Å²) in [5.74, 6) is 0.148. The monoisotopic (exact) mass is 361 g/mol. The van der Waals surface area contributed by atoms with E-state index in [1.54, 1.807) is 30.7 Å². The molecule has 0 aliphatic rings. The maximum Gasteiger partial charge on any atom is 0.231 e. The number of carbonyl (C=O) groups is 1. The molecule has 0 saturated carbocycles. The summed E-state index contributed by atoms with van der Waals surface area (Å²) in [5, 5.41) is 20.8. The highest BCUT2D eigenvalue weighted by molar-refractivity contribution is 7.99. The van der Waals surface area contributed by atoms with Crippen molar-refractivity contribution in [1.29, 1.82) is 5.26 Å². The van der Waals surface area contributed by atoms with Crippen molar-refractivity contribution in [3.05, 3.63) is 30.1 Å². The number of amides is 1. The van der Waals surface area contributed by atoms with E-state index in [1.807, 2.05) is 13.8 Å². The number of rotatable bonds is 6. The van der Waals surface area contributed by atoms with Gasteiger partial charge in [-0.2, -0.15) is 5.26 Å². The molecule has 1 atom stereocenters. The zero-order chi connectivity index (χ0) is 18.6. The van der Waals surface area contributed by atoms with Gasteiger partial charge in [0, 0.05) is 12.6 Å². The van der Waals surface area contributed by atoms with Gasteiger partial charge in [0.2, 0.25) is 5.91 Å². The second kappa shape index (κ2) is 7.66. The molecule has 1 N–H and O–H groups in total. The molecule has 0 bridgehead atoms. The number of halogens is 1. The van der Waals surface area contributed by atoms with Crippen LogP contribution in [0.15, 0.2) is 29.4 Å². The Morgan fingerprint density at radius 1 is 1.40 bits per heavy atom. The zero-order valence-electron chi connectivity index (χ0n) is 14.6. The molecule has 0 unspecified atom stereocenters. The summed E-state index contributed by atoms with van der Waals surface area (Å²) in [6, 6.07) is 8.12. The van der Waals surface area contributed by atoms with E-state index in [9.17, 15) is 14.4 Å². The maximum atomic E-state index is 13.0. The molecule has 1 aromatic heterocycles. The topological polar surface area (TPSA) is 83.6 Å². The van der Waals surface area contributed by atoms with Crippen LogP contribution in [0.25, 0.3) is 11.4 Å². The van der Waals surface area contributed by atoms with Crippen molar-refractivity contribution >= 4 is 17.7 Å². The standard InChI is InChI=1S/C17H20FN5OS/c1-11(2)17(3,10-19)20-14(24)9-25-16-22-21-15(23(16)4)12-5-7-13(18)8-6-12/h5-8,11H,9H2,1-4H3,(H,20,24)/t17-/m1/s1. The highest BCUT2D eigenvalue weighted by atomic mass is 32.2. The van der Waals surface area contributed by atoms with Crippen molar-refractivity contribution in [3.63, 3.8) is 0 Å². The predicted molar refractivity (Wildman–Crippen MR) is 94.1 cm³/mol. The van der Waals surface area contributed by atoms with Crippen LogP contribution in [-0.4, -0.2) is 32.0 Å². The first kappa shape index (κ1) is 18.9. The lowest BCUT2D eigenvalue weighted by molar-refractivity contribution is -0.120. The van der Waals surface area contributed by atoms with Crippen LogP contribution in [0.4, 0.5) is 4.39 Å². The van der Waals surface area contributed by atoms with Gasteiger partial charge in [-0.05, 0) is 37.1 Å². The summed E-state index contributed by atoms with van der Waals surface area (Å²) in [6.45, 7) is 5.47. The Hall–Kier alpha value is -2.40. The fourth-order valence-corrected chi connectivity index (χ4v) is 2.76. The molecule has 1 aromatic carbocycles. The minimum absolute atomic E-state index is 0.00800. The molecule has 1 heterocycles. The van der Waals surface area contributed by atoms with Crippen LogP contribution in [0, 0.1) is 23.1 Å². The molecule has 1 amide bonds. The number of hydrogen-bond donors (Lipinski definition) is 1. The highest BCUT2D eigenvalue weighted by Crippen LogP contribution is 2.23. The highest BCUT2D eigenvalue weighted by Gasteiger charge is 2.30. The van der Waals surface area contributed by atoms with E-state index in [0.717, 1.165) is 5.56 Å². The number of nitriles is 1. The quantitative estimate of drug-likeness (QED) is 0.800. The van der Waals surface area contributed by atoms with Gasteiger partial charge in [-0.1, -0.05) is 25.6 Å². The fraction of sp³-hybridized carbons (Fsp3) is 0.412. The van der Waals surface area contributed by atoms with E-state index in [1.165, 1.54) is 23.9 Å². The lowest BCUT2D eigenvalue weighted by atomic mass is 9.90. The smallest absolute Gasteiger partial charge is 0.231 e. The van der Waals surface area contributed by atoms with E-state index >= 15 is 0 Å². The zero-order valence-corrected chi connectivity index (χ0v) is 15.4. The molecule has 0 saturated heterocycles. The molecule has 6 nitrogen and oxygen atoms in total. The lowest BCUT2D eigenvalue weighted by Crippen LogP contribution is -2.49. The van der Waals surface area contributed by atoms with Crippen LogP contribution in [0.1, 0.15) is 20.8 Å². The molecule has 0 radical (unpaired) electrons. The third-order valence-corrected chi connectivity index (χ3v) is 5.08. The van der Waals surface area contributed by atoms with Crippen LogP contribution in [0.2, 0.25) is 0 Å². The molecule has 0 aliphatic carbocycles. The fourth-order valence-electron chi connectivity index (χ4n) is 2.05. The summed E-state index contributed by atoms with van der Waals surface area (Å²) in [5.41, 5.74) is -0.166. The van der Waals surface area contributed by atoms with Crippen LogP contribution in [0.5, 0.6) is 0 Å². The summed E-state index contributed by atoms with van der Waals surface area (Å²) < 4.78 is 14.8. The molecule has 0 fully saturated rings. The Balaban J connectivity index is 2.04. The van der Waals surface area contributed by atoms with Crippen LogP contribution in [0.3, 0.4) is 0 Å². The number of hydrogen-bond acceptors (Lipinski definition) is 5. The lowest BCUT2D eigenvalue weighted by Gasteiger charge is -2.27. The first-order valence-electron chi connectivity index (χ1n) is 7.77. The van der Waals surface area contributed by atoms with Gasteiger partial charge in [0.15, 0.2) is 11.0 Å². The number of benzene rings is 1. The van der Waals surface area contributed by atoms with Gasteiger partial charge < -0.3 is 9.88 Å². The molecule has 2 aromatic rings. The van der Waals surface area contributed by atoms with Gasteiger partial charge in [-0.15, -0.1) is 10.2 Å². The second-order valence-electron chi connectivity index (χ2n) is 6.18. The van der Waals surface area contributed by atoms with Crippen molar-refractivity contribution in [2.24, 2.45) is 13.0 Å². The van der Waals surface area contributed by atoms with Gasteiger partial charge in [-0.3, -0.25) is 4.79 Å². The molecule has 8 heteroatoms. The maximum absolute atomic E-state index is 13.0. The van der Waals surface area contributed by atoms with E-state index in [-0.39, 0.29) is 23.4 Å². The van der Waals surface area contributed by atoms with Gasteiger partial charge >= 0.3 is 0 Å². The van der Waals surface area contributed by atoms with Gasteiger partial charge in [0.1, 0.15) is 11.4 Å². The van der Waals surface area contributed by atoms with Crippen molar-refractivity contribution in [1.82, 2.24) is 20.1 Å². The van der Waals surface area contributed by atoms with Crippen molar-refractivity contribution in [3.8, 4) is 17.5 Å². The van der Waals surface area contributed by atoms with Crippen LogP contribution >= 0.6 is 11.8 Å². The van der Waals surface area contributed by atoms with E-state index in [2.05, 4.69) is 21.6 Å². The van der Waals surface area contributed by atoms with Gasteiger partial charge in [-0.25, -0.2) is 4.39 Å². The Morgan fingerprint density at radius 3 is 2.60 bits per heavy atom.